The highest BCUT2D eigenvalue weighted by molar-refractivity contribution is 5.69. The molecule has 0 amide bonds. The monoisotopic (exact) mass is 514 g/mol. The standard InChI is InChI=1S/C27H46O9/c1-2-3-4-5-6-7-8-9-10-11-12-13-14-15-16-17-23(30)34-19-21(29)20-35-27-26(33)25(32)24(31)22(18-28)36-27/h3-4,6-7,9-10,21-22,24-29,31-33H,2,5,8,11-20H2,1H3/t21?,22-,24+,25+,26+,27-/m1/s1. The molecule has 1 fully saturated rings. The fourth-order valence-corrected chi connectivity index (χ4v) is 3.61. The summed E-state index contributed by atoms with van der Waals surface area (Å²) in [7, 11) is 0. The van der Waals surface area contributed by atoms with Gasteiger partial charge in [-0.2, -0.15) is 0 Å². The van der Waals surface area contributed by atoms with E-state index in [4.69, 9.17) is 19.3 Å². The normalized spacial score (nSPS) is 25.8. The molecule has 0 saturated carbocycles. The Morgan fingerprint density at radius 2 is 1.50 bits per heavy atom. The van der Waals surface area contributed by atoms with Crippen molar-refractivity contribution < 1.29 is 44.5 Å². The highest BCUT2D eigenvalue weighted by Crippen LogP contribution is 2.22. The molecule has 36 heavy (non-hydrogen) atoms. The molecule has 9 nitrogen and oxygen atoms in total. The van der Waals surface area contributed by atoms with Crippen molar-refractivity contribution in [2.24, 2.45) is 0 Å². The predicted octanol–water partition coefficient (Wildman–Crippen LogP) is 2.30. The third-order valence-electron chi connectivity index (χ3n) is 5.77. The molecule has 0 aliphatic carbocycles. The number of aliphatic hydroxyl groups is 5. The number of allylic oxidation sites excluding steroid dienone is 6. The maximum atomic E-state index is 11.9. The second-order valence-electron chi connectivity index (χ2n) is 8.97. The summed E-state index contributed by atoms with van der Waals surface area (Å²) >= 11 is 0. The maximum absolute atomic E-state index is 11.9. The van der Waals surface area contributed by atoms with Crippen molar-refractivity contribution >= 4 is 5.97 Å². The first kappa shape index (κ1) is 32.4. The molecule has 1 aliphatic heterocycles. The van der Waals surface area contributed by atoms with Crippen molar-refractivity contribution in [3.05, 3.63) is 36.5 Å². The summed E-state index contributed by atoms with van der Waals surface area (Å²) < 4.78 is 15.5. The Morgan fingerprint density at radius 1 is 0.861 bits per heavy atom. The van der Waals surface area contributed by atoms with Gasteiger partial charge in [-0.1, -0.05) is 62.6 Å². The molecule has 9 heteroatoms. The van der Waals surface area contributed by atoms with E-state index >= 15 is 0 Å². The third-order valence-corrected chi connectivity index (χ3v) is 5.77. The van der Waals surface area contributed by atoms with Crippen molar-refractivity contribution in [3.8, 4) is 0 Å². The van der Waals surface area contributed by atoms with Crippen LogP contribution in [0.1, 0.15) is 71.1 Å². The van der Waals surface area contributed by atoms with E-state index in [2.05, 4.69) is 43.4 Å². The fourth-order valence-electron chi connectivity index (χ4n) is 3.61. The Labute approximate surface area is 215 Å². The minimum Gasteiger partial charge on any atom is -0.463 e. The number of hydrogen-bond donors (Lipinski definition) is 5. The smallest absolute Gasteiger partial charge is 0.305 e. The second-order valence-corrected chi connectivity index (χ2v) is 8.97. The van der Waals surface area contributed by atoms with Gasteiger partial charge < -0.3 is 39.7 Å². The molecular formula is C27H46O9. The van der Waals surface area contributed by atoms with Crippen LogP contribution >= 0.6 is 0 Å². The van der Waals surface area contributed by atoms with Crippen LogP contribution in [-0.2, 0) is 19.0 Å². The Morgan fingerprint density at radius 3 is 2.19 bits per heavy atom. The van der Waals surface area contributed by atoms with Crippen LogP contribution in [0.3, 0.4) is 0 Å². The summed E-state index contributed by atoms with van der Waals surface area (Å²) in [4.78, 5) is 11.9. The largest absolute Gasteiger partial charge is 0.463 e. The van der Waals surface area contributed by atoms with Crippen LogP contribution in [0.25, 0.3) is 0 Å². The molecule has 0 radical (unpaired) electrons. The Bertz CT molecular complexity index is 647. The lowest BCUT2D eigenvalue weighted by Gasteiger charge is -2.39. The second kappa shape index (κ2) is 20.5. The lowest BCUT2D eigenvalue weighted by Crippen LogP contribution is -2.59. The lowest BCUT2D eigenvalue weighted by atomic mass is 9.99. The molecule has 208 valence electrons. The maximum Gasteiger partial charge on any atom is 0.305 e. The molecule has 1 heterocycles. The van der Waals surface area contributed by atoms with Gasteiger partial charge in [0.2, 0.25) is 0 Å². The van der Waals surface area contributed by atoms with E-state index < -0.39 is 49.4 Å². The van der Waals surface area contributed by atoms with Gasteiger partial charge in [-0.05, 0) is 38.5 Å². The molecule has 0 aromatic carbocycles. The SMILES string of the molecule is CCC=CCC=CCC=CCCCCCCCC(=O)OCC(O)CO[C@@H]1O[C@H](CO)[C@H](O)[C@H](O)[C@@H]1O. The van der Waals surface area contributed by atoms with E-state index in [0.717, 1.165) is 57.8 Å². The van der Waals surface area contributed by atoms with Crippen molar-refractivity contribution in [1.82, 2.24) is 0 Å². The lowest BCUT2D eigenvalue weighted by molar-refractivity contribution is -0.305. The molecule has 0 aromatic rings. The van der Waals surface area contributed by atoms with Gasteiger partial charge in [0.25, 0.3) is 0 Å². The molecule has 0 bridgehead atoms. The summed E-state index contributed by atoms with van der Waals surface area (Å²) in [6.07, 6.45) is 14.3. The highest BCUT2D eigenvalue weighted by atomic mass is 16.7. The first-order valence-corrected chi connectivity index (χ1v) is 13.1. The summed E-state index contributed by atoms with van der Waals surface area (Å²) in [5.41, 5.74) is 0. The van der Waals surface area contributed by atoms with E-state index in [1.54, 1.807) is 0 Å². The molecule has 1 aliphatic rings. The zero-order chi connectivity index (χ0) is 26.6. The summed E-state index contributed by atoms with van der Waals surface area (Å²) in [6, 6.07) is 0. The highest BCUT2D eigenvalue weighted by Gasteiger charge is 2.44. The number of unbranched alkanes of at least 4 members (excludes halogenated alkanes) is 5. The Hall–Kier alpha value is -1.59. The summed E-state index contributed by atoms with van der Waals surface area (Å²) in [5.74, 6) is -0.400. The van der Waals surface area contributed by atoms with E-state index in [1.165, 1.54) is 0 Å². The number of hydrogen-bond acceptors (Lipinski definition) is 9. The van der Waals surface area contributed by atoms with Gasteiger partial charge in [0, 0.05) is 6.42 Å². The first-order valence-electron chi connectivity index (χ1n) is 13.1. The Kier molecular flexibility index (Phi) is 18.4. The van der Waals surface area contributed by atoms with Gasteiger partial charge in [-0.3, -0.25) is 4.79 Å². The molecule has 1 rings (SSSR count). The van der Waals surface area contributed by atoms with Crippen molar-refractivity contribution in [2.75, 3.05) is 19.8 Å². The first-order chi connectivity index (χ1) is 17.4. The van der Waals surface area contributed by atoms with Gasteiger partial charge in [0.15, 0.2) is 6.29 Å². The minimum atomic E-state index is -1.56. The van der Waals surface area contributed by atoms with Crippen LogP contribution in [0.5, 0.6) is 0 Å². The molecule has 1 saturated heterocycles. The number of esters is 1. The van der Waals surface area contributed by atoms with E-state index in [9.17, 15) is 25.2 Å². The zero-order valence-electron chi connectivity index (χ0n) is 21.5. The topological polar surface area (TPSA) is 146 Å². The van der Waals surface area contributed by atoms with Crippen LogP contribution in [0, 0.1) is 0 Å². The number of carbonyl (C=O) groups is 1. The fraction of sp³-hybridized carbons (Fsp3) is 0.741. The average Bonchev–Trinajstić information content (AvgIpc) is 2.88. The van der Waals surface area contributed by atoms with E-state index in [1.807, 2.05) is 0 Å². The van der Waals surface area contributed by atoms with Crippen LogP contribution < -0.4 is 0 Å². The minimum absolute atomic E-state index is 0.271. The van der Waals surface area contributed by atoms with Gasteiger partial charge in [0.1, 0.15) is 37.1 Å². The van der Waals surface area contributed by atoms with Gasteiger partial charge in [0.05, 0.1) is 13.2 Å². The summed E-state index contributed by atoms with van der Waals surface area (Å²) in [5, 5.41) is 48.5. The molecule has 0 aromatic heterocycles. The van der Waals surface area contributed by atoms with Crippen LogP contribution in [0.2, 0.25) is 0 Å². The molecule has 6 atom stereocenters. The molecule has 1 unspecified atom stereocenters. The summed E-state index contributed by atoms with van der Waals surface area (Å²) in [6.45, 7) is 0.964. The van der Waals surface area contributed by atoms with Crippen molar-refractivity contribution in [1.29, 1.82) is 0 Å². The zero-order valence-corrected chi connectivity index (χ0v) is 21.5. The third kappa shape index (κ3) is 14.2. The number of carbonyl (C=O) groups excluding carboxylic acids is 1. The van der Waals surface area contributed by atoms with E-state index in [-0.39, 0.29) is 19.6 Å². The molecule has 0 spiro atoms. The van der Waals surface area contributed by atoms with Crippen molar-refractivity contribution in [3.63, 3.8) is 0 Å². The van der Waals surface area contributed by atoms with Gasteiger partial charge >= 0.3 is 5.97 Å². The quantitative estimate of drug-likeness (QED) is 0.0995. The van der Waals surface area contributed by atoms with Crippen molar-refractivity contribution in [2.45, 2.75) is 108 Å². The van der Waals surface area contributed by atoms with E-state index in [0.29, 0.717) is 0 Å². The predicted molar refractivity (Wildman–Crippen MR) is 136 cm³/mol. The molecular weight excluding hydrogens is 468 g/mol. The number of ether oxygens (including phenoxy) is 3. The van der Waals surface area contributed by atoms with Gasteiger partial charge in [-0.25, -0.2) is 0 Å². The number of aliphatic hydroxyl groups excluding tert-OH is 5. The van der Waals surface area contributed by atoms with Crippen LogP contribution in [-0.4, -0.2) is 88.1 Å². The Balaban J connectivity index is 2.02. The van der Waals surface area contributed by atoms with Gasteiger partial charge in [-0.15, -0.1) is 0 Å². The van der Waals surface area contributed by atoms with Crippen LogP contribution in [0.15, 0.2) is 36.5 Å². The molecule has 5 N–H and O–H groups in total. The van der Waals surface area contributed by atoms with Crippen LogP contribution in [0.4, 0.5) is 0 Å². The number of rotatable bonds is 19. The average molecular weight is 515 g/mol.